The molecule has 1 aromatic heterocycles. The summed E-state index contributed by atoms with van der Waals surface area (Å²) in [5, 5.41) is 12.9. The molecule has 1 aliphatic rings. The topological polar surface area (TPSA) is 68.7 Å². The molecule has 2 heterocycles. The number of carbonyl (C=O) groups excluding carboxylic acids is 1. The van der Waals surface area contributed by atoms with E-state index in [0.717, 1.165) is 25.3 Å². The summed E-state index contributed by atoms with van der Waals surface area (Å²) in [7, 11) is 0. The van der Waals surface area contributed by atoms with Crippen molar-refractivity contribution in [3.63, 3.8) is 0 Å². The predicted molar refractivity (Wildman–Crippen MR) is 86.9 cm³/mol. The lowest BCUT2D eigenvalue weighted by molar-refractivity contribution is 0.0476. The number of hydrogen-bond donors (Lipinski definition) is 2. The third-order valence-corrected chi connectivity index (χ3v) is 3.74. The van der Waals surface area contributed by atoms with Gasteiger partial charge in [-0.2, -0.15) is 0 Å². The molecule has 122 valence electrons. The number of urea groups is 1. The Kier molecular flexibility index (Phi) is 5.24. The van der Waals surface area contributed by atoms with Crippen LogP contribution < -0.4 is 10.2 Å². The number of nitrogens with zero attached hydrogens (tertiary/aromatic N) is 3. The Balaban J connectivity index is 1.88. The lowest BCUT2D eigenvalue weighted by atomic mass is 10.1. The summed E-state index contributed by atoms with van der Waals surface area (Å²) >= 11 is 0. The molecule has 0 bridgehead atoms. The van der Waals surface area contributed by atoms with Crippen LogP contribution >= 0.6 is 0 Å². The van der Waals surface area contributed by atoms with Crippen molar-refractivity contribution in [1.82, 2.24) is 15.2 Å². The summed E-state index contributed by atoms with van der Waals surface area (Å²) in [6.07, 6.45) is 2.69. The Morgan fingerprint density at radius 3 is 2.91 bits per heavy atom. The van der Waals surface area contributed by atoms with E-state index in [1.165, 1.54) is 0 Å². The molecule has 0 spiro atoms. The molecule has 1 unspecified atom stereocenters. The highest BCUT2D eigenvalue weighted by molar-refractivity contribution is 5.74. The van der Waals surface area contributed by atoms with Gasteiger partial charge in [0.15, 0.2) is 0 Å². The Bertz CT molecular complexity index is 487. The zero-order valence-corrected chi connectivity index (χ0v) is 13.6. The SMILES string of the molecule is CCN(CC(C)(C)O)C(=O)NC1CCN(c2ccccn2)C1. The molecule has 0 radical (unpaired) electrons. The molecule has 0 saturated carbocycles. The van der Waals surface area contributed by atoms with Crippen molar-refractivity contribution in [2.75, 3.05) is 31.1 Å². The smallest absolute Gasteiger partial charge is 0.317 e. The van der Waals surface area contributed by atoms with Crippen LogP contribution in [0.2, 0.25) is 0 Å². The fourth-order valence-corrected chi connectivity index (χ4v) is 2.69. The molecule has 0 aliphatic carbocycles. The van der Waals surface area contributed by atoms with E-state index >= 15 is 0 Å². The molecule has 2 amide bonds. The maximum atomic E-state index is 12.3. The molecule has 2 N–H and O–H groups in total. The van der Waals surface area contributed by atoms with Crippen molar-refractivity contribution >= 4 is 11.8 Å². The number of rotatable bonds is 5. The van der Waals surface area contributed by atoms with Gasteiger partial charge in [-0.05, 0) is 39.3 Å². The largest absolute Gasteiger partial charge is 0.389 e. The van der Waals surface area contributed by atoms with Gasteiger partial charge in [0.25, 0.3) is 0 Å². The van der Waals surface area contributed by atoms with Crippen LogP contribution in [0.5, 0.6) is 0 Å². The summed E-state index contributed by atoms with van der Waals surface area (Å²) in [5.74, 6) is 0.947. The number of hydrogen-bond acceptors (Lipinski definition) is 4. The van der Waals surface area contributed by atoms with E-state index < -0.39 is 5.60 Å². The molecule has 22 heavy (non-hydrogen) atoms. The zero-order valence-electron chi connectivity index (χ0n) is 13.6. The van der Waals surface area contributed by atoms with Crippen molar-refractivity contribution < 1.29 is 9.90 Å². The van der Waals surface area contributed by atoms with E-state index in [-0.39, 0.29) is 12.1 Å². The number of likely N-dealkylation sites (N-methyl/N-ethyl adjacent to an activating group) is 1. The van der Waals surface area contributed by atoms with Crippen molar-refractivity contribution in [2.45, 2.75) is 38.8 Å². The van der Waals surface area contributed by atoms with Gasteiger partial charge >= 0.3 is 6.03 Å². The fourth-order valence-electron chi connectivity index (χ4n) is 2.69. The van der Waals surface area contributed by atoms with Gasteiger partial charge in [-0.15, -0.1) is 0 Å². The second kappa shape index (κ2) is 6.96. The highest BCUT2D eigenvalue weighted by Gasteiger charge is 2.27. The van der Waals surface area contributed by atoms with E-state index in [1.54, 1.807) is 24.9 Å². The lowest BCUT2D eigenvalue weighted by Crippen LogP contribution is -2.50. The molecule has 0 aromatic carbocycles. The summed E-state index contributed by atoms with van der Waals surface area (Å²) in [5.41, 5.74) is -0.886. The summed E-state index contributed by atoms with van der Waals surface area (Å²) in [4.78, 5) is 20.5. The first-order valence-corrected chi connectivity index (χ1v) is 7.83. The first-order valence-electron chi connectivity index (χ1n) is 7.83. The van der Waals surface area contributed by atoms with Gasteiger partial charge in [-0.3, -0.25) is 0 Å². The van der Waals surface area contributed by atoms with Gasteiger partial charge in [-0.1, -0.05) is 6.07 Å². The molecule has 6 nitrogen and oxygen atoms in total. The molecular weight excluding hydrogens is 280 g/mol. The van der Waals surface area contributed by atoms with E-state index in [4.69, 9.17) is 0 Å². The van der Waals surface area contributed by atoms with Crippen LogP contribution in [0.1, 0.15) is 27.2 Å². The minimum Gasteiger partial charge on any atom is -0.389 e. The van der Waals surface area contributed by atoms with Gasteiger partial charge in [0.1, 0.15) is 5.82 Å². The average Bonchev–Trinajstić information content (AvgIpc) is 2.93. The van der Waals surface area contributed by atoms with Gasteiger partial charge in [-0.25, -0.2) is 9.78 Å². The lowest BCUT2D eigenvalue weighted by Gasteiger charge is -2.29. The Morgan fingerprint density at radius 1 is 1.55 bits per heavy atom. The minimum atomic E-state index is -0.886. The summed E-state index contributed by atoms with van der Waals surface area (Å²) in [6, 6.07) is 5.85. The first kappa shape index (κ1) is 16.5. The van der Waals surface area contributed by atoms with Gasteiger partial charge in [0.05, 0.1) is 12.1 Å². The highest BCUT2D eigenvalue weighted by atomic mass is 16.3. The van der Waals surface area contributed by atoms with Gasteiger partial charge in [0, 0.05) is 31.9 Å². The number of pyridine rings is 1. The monoisotopic (exact) mass is 306 g/mol. The van der Waals surface area contributed by atoms with E-state index in [9.17, 15) is 9.90 Å². The standard InChI is InChI=1S/C16H26N4O2/c1-4-19(12-16(2,3)22)15(21)18-13-8-10-20(11-13)14-7-5-6-9-17-14/h5-7,9,13,22H,4,8,10-12H2,1-3H3,(H,18,21). The maximum absolute atomic E-state index is 12.3. The second-order valence-electron chi connectivity index (χ2n) is 6.40. The fraction of sp³-hybridized carbons (Fsp3) is 0.625. The van der Waals surface area contributed by atoms with E-state index in [2.05, 4.69) is 15.2 Å². The average molecular weight is 306 g/mol. The number of aromatic nitrogens is 1. The van der Waals surface area contributed by atoms with Crippen LogP contribution in [0.4, 0.5) is 10.6 Å². The summed E-state index contributed by atoms with van der Waals surface area (Å²) in [6.45, 7) is 7.89. The molecule has 1 atom stereocenters. The minimum absolute atomic E-state index is 0.113. The number of anilines is 1. The van der Waals surface area contributed by atoms with Crippen molar-refractivity contribution in [3.05, 3.63) is 24.4 Å². The third kappa shape index (κ3) is 4.59. The van der Waals surface area contributed by atoms with E-state index in [1.807, 2.05) is 25.1 Å². The first-order chi connectivity index (χ1) is 10.4. The van der Waals surface area contributed by atoms with Crippen molar-refractivity contribution in [1.29, 1.82) is 0 Å². The Morgan fingerprint density at radius 2 is 2.32 bits per heavy atom. The normalized spacial score (nSPS) is 18.4. The molecule has 2 rings (SSSR count). The van der Waals surface area contributed by atoms with Gasteiger partial charge < -0.3 is 20.2 Å². The van der Waals surface area contributed by atoms with Crippen LogP contribution in [-0.4, -0.2) is 58.8 Å². The zero-order chi connectivity index (χ0) is 16.2. The number of amides is 2. The molecular formula is C16H26N4O2. The van der Waals surface area contributed by atoms with Crippen molar-refractivity contribution in [3.8, 4) is 0 Å². The molecule has 1 aromatic rings. The molecule has 1 fully saturated rings. The maximum Gasteiger partial charge on any atom is 0.317 e. The predicted octanol–water partition coefficient (Wildman–Crippen LogP) is 1.46. The molecule has 6 heteroatoms. The number of carbonyl (C=O) groups is 1. The Labute approximate surface area is 132 Å². The Hall–Kier alpha value is -1.82. The van der Waals surface area contributed by atoms with Crippen LogP contribution in [0, 0.1) is 0 Å². The van der Waals surface area contributed by atoms with Crippen LogP contribution in [0.25, 0.3) is 0 Å². The van der Waals surface area contributed by atoms with Crippen molar-refractivity contribution in [2.24, 2.45) is 0 Å². The van der Waals surface area contributed by atoms with Gasteiger partial charge in [0.2, 0.25) is 0 Å². The highest BCUT2D eigenvalue weighted by Crippen LogP contribution is 2.17. The van der Waals surface area contributed by atoms with Crippen LogP contribution in [-0.2, 0) is 0 Å². The number of aliphatic hydroxyl groups is 1. The molecule has 1 aliphatic heterocycles. The number of nitrogens with one attached hydrogen (secondary N) is 1. The molecule has 1 saturated heterocycles. The van der Waals surface area contributed by atoms with Crippen LogP contribution in [0.3, 0.4) is 0 Å². The summed E-state index contributed by atoms with van der Waals surface area (Å²) < 4.78 is 0. The third-order valence-electron chi connectivity index (χ3n) is 3.74. The second-order valence-corrected chi connectivity index (χ2v) is 6.40. The quantitative estimate of drug-likeness (QED) is 0.864. The van der Waals surface area contributed by atoms with E-state index in [0.29, 0.717) is 13.1 Å². The van der Waals surface area contributed by atoms with Crippen LogP contribution in [0.15, 0.2) is 24.4 Å².